The monoisotopic (exact) mass is 456 g/mol. The second kappa shape index (κ2) is 9.62. The number of nitrogens with one attached hydrogen (secondary N) is 1. The Bertz CT molecular complexity index is 1270. The van der Waals surface area contributed by atoms with Crippen molar-refractivity contribution in [3.63, 3.8) is 0 Å². The summed E-state index contributed by atoms with van der Waals surface area (Å²) in [6.07, 6.45) is 0. The lowest BCUT2D eigenvalue weighted by atomic mass is 9.95. The van der Waals surface area contributed by atoms with Crippen molar-refractivity contribution in [3.05, 3.63) is 95.6 Å². The van der Waals surface area contributed by atoms with Gasteiger partial charge in [-0.05, 0) is 48.9 Å². The molecule has 34 heavy (non-hydrogen) atoms. The molecule has 1 fully saturated rings. The third kappa shape index (κ3) is 4.41. The minimum Gasteiger partial charge on any atom is -0.507 e. The molecule has 4 rings (SSSR count). The number of carbonyl (C=O) groups excluding carboxylic acids is 3. The van der Waals surface area contributed by atoms with E-state index >= 15 is 0 Å². The van der Waals surface area contributed by atoms with E-state index in [-0.39, 0.29) is 17.2 Å². The van der Waals surface area contributed by atoms with E-state index in [0.717, 1.165) is 0 Å². The minimum atomic E-state index is -0.830. The van der Waals surface area contributed by atoms with Crippen LogP contribution in [0.5, 0.6) is 5.75 Å². The summed E-state index contributed by atoms with van der Waals surface area (Å²) in [5, 5.41) is 13.9. The van der Waals surface area contributed by atoms with E-state index < -0.39 is 17.7 Å². The van der Waals surface area contributed by atoms with Crippen LogP contribution in [0.3, 0.4) is 0 Å². The number of carbonyl (C=O) groups is 3. The number of hydrogen-bond acceptors (Lipinski definition) is 5. The van der Waals surface area contributed by atoms with Crippen LogP contribution in [0.25, 0.3) is 5.76 Å². The maximum absolute atomic E-state index is 13.2. The molecule has 7 nitrogen and oxygen atoms in total. The third-order valence-corrected chi connectivity index (χ3v) is 5.44. The van der Waals surface area contributed by atoms with Gasteiger partial charge >= 0.3 is 0 Å². The SMILES string of the molecule is CCOc1cccc(/C(O)=C2/C(=O)C(=O)N(c3ccc(NC(C)=O)cc3)C2c2ccccc2)c1. The molecule has 7 heteroatoms. The molecule has 172 valence electrons. The number of aliphatic hydroxyl groups is 1. The minimum absolute atomic E-state index is 0.00390. The van der Waals surface area contributed by atoms with Crippen molar-refractivity contribution < 1.29 is 24.2 Å². The fourth-order valence-corrected chi connectivity index (χ4v) is 4.01. The summed E-state index contributed by atoms with van der Waals surface area (Å²) >= 11 is 0. The molecular formula is C27H24N2O5. The fourth-order valence-electron chi connectivity index (χ4n) is 4.01. The van der Waals surface area contributed by atoms with Gasteiger partial charge in [0, 0.05) is 23.9 Å². The van der Waals surface area contributed by atoms with Crippen molar-refractivity contribution in [2.75, 3.05) is 16.8 Å². The summed E-state index contributed by atoms with van der Waals surface area (Å²) in [5.41, 5.74) is 2.08. The zero-order valence-corrected chi connectivity index (χ0v) is 18.8. The number of nitrogens with zero attached hydrogens (tertiary/aromatic N) is 1. The highest BCUT2D eigenvalue weighted by Gasteiger charge is 2.46. The van der Waals surface area contributed by atoms with E-state index in [2.05, 4.69) is 5.32 Å². The van der Waals surface area contributed by atoms with Crippen molar-refractivity contribution in [1.82, 2.24) is 0 Å². The first-order valence-electron chi connectivity index (χ1n) is 10.9. The van der Waals surface area contributed by atoms with Crippen LogP contribution < -0.4 is 15.0 Å². The normalized spacial score (nSPS) is 17.0. The van der Waals surface area contributed by atoms with Crippen LogP contribution in [0, 0.1) is 0 Å². The summed E-state index contributed by atoms with van der Waals surface area (Å²) in [7, 11) is 0. The van der Waals surface area contributed by atoms with E-state index in [1.807, 2.05) is 25.1 Å². The lowest BCUT2D eigenvalue weighted by molar-refractivity contribution is -0.132. The summed E-state index contributed by atoms with van der Waals surface area (Å²) < 4.78 is 5.52. The summed E-state index contributed by atoms with van der Waals surface area (Å²) in [5.74, 6) is -1.47. The second-order valence-corrected chi connectivity index (χ2v) is 7.77. The quantitative estimate of drug-likeness (QED) is 0.319. The molecule has 1 heterocycles. The second-order valence-electron chi connectivity index (χ2n) is 7.77. The van der Waals surface area contributed by atoms with E-state index in [4.69, 9.17) is 4.74 Å². The summed E-state index contributed by atoms with van der Waals surface area (Å²) in [4.78, 5) is 39.1. The lowest BCUT2D eigenvalue weighted by Gasteiger charge is -2.25. The number of aliphatic hydroxyl groups excluding tert-OH is 1. The number of anilines is 2. The Morgan fingerprint density at radius 1 is 1.00 bits per heavy atom. The molecule has 0 saturated carbocycles. The summed E-state index contributed by atoms with van der Waals surface area (Å²) in [6.45, 7) is 3.71. The number of hydrogen-bond donors (Lipinski definition) is 2. The van der Waals surface area contributed by atoms with E-state index in [9.17, 15) is 19.5 Å². The number of benzene rings is 3. The Morgan fingerprint density at radius 3 is 2.35 bits per heavy atom. The molecule has 2 amide bonds. The number of ether oxygens (including phenoxy) is 1. The standard InChI is InChI=1S/C27H24N2O5/c1-3-34-22-11-7-10-19(16-22)25(31)23-24(18-8-5-4-6-9-18)29(27(33)26(23)32)21-14-12-20(13-15-21)28-17(2)30/h4-16,24,31H,3H2,1-2H3,(H,28,30)/b25-23-. The predicted octanol–water partition coefficient (Wildman–Crippen LogP) is 4.67. The largest absolute Gasteiger partial charge is 0.507 e. The van der Waals surface area contributed by atoms with E-state index in [1.54, 1.807) is 60.7 Å². The van der Waals surface area contributed by atoms with Crippen molar-refractivity contribution in [3.8, 4) is 5.75 Å². The highest BCUT2D eigenvalue weighted by molar-refractivity contribution is 6.51. The molecule has 0 aliphatic carbocycles. The highest BCUT2D eigenvalue weighted by Crippen LogP contribution is 2.42. The Balaban J connectivity index is 1.85. The Kier molecular flexibility index (Phi) is 6.45. The molecule has 1 atom stereocenters. The Morgan fingerprint density at radius 2 is 1.71 bits per heavy atom. The number of Topliss-reactive ketones (excluding diaryl/α,β-unsaturated/α-hetero) is 1. The molecule has 0 bridgehead atoms. The summed E-state index contributed by atoms with van der Waals surface area (Å²) in [6, 6.07) is 21.6. The van der Waals surface area contributed by atoms with Gasteiger partial charge in [-0.25, -0.2) is 0 Å². The van der Waals surface area contributed by atoms with Gasteiger partial charge in [0.05, 0.1) is 18.2 Å². The number of ketones is 1. The highest BCUT2D eigenvalue weighted by atomic mass is 16.5. The Hall–Kier alpha value is -4.39. The number of amides is 2. The molecule has 2 N–H and O–H groups in total. The van der Waals surface area contributed by atoms with Gasteiger partial charge in [-0.3, -0.25) is 19.3 Å². The average molecular weight is 456 g/mol. The van der Waals surface area contributed by atoms with E-state index in [1.165, 1.54) is 11.8 Å². The zero-order valence-electron chi connectivity index (χ0n) is 18.8. The van der Waals surface area contributed by atoms with Crippen LogP contribution in [0.4, 0.5) is 11.4 Å². The van der Waals surface area contributed by atoms with Gasteiger partial charge in [-0.2, -0.15) is 0 Å². The van der Waals surface area contributed by atoms with Crippen LogP contribution in [0.15, 0.2) is 84.4 Å². The van der Waals surface area contributed by atoms with Gasteiger partial charge in [0.1, 0.15) is 11.5 Å². The molecule has 3 aromatic carbocycles. The van der Waals surface area contributed by atoms with Crippen LogP contribution in [-0.2, 0) is 14.4 Å². The van der Waals surface area contributed by atoms with Gasteiger partial charge in [0.25, 0.3) is 11.7 Å². The smallest absolute Gasteiger partial charge is 0.300 e. The van der Waals surface area contributed by atoms with Crippen molar-refractivity contribution in [2.24, 2.45) is 0 Å². The van der Waals surface area contributed by atoms with Gasteiger partial charge in [-0.15, -0.1) is 0 Å². The Labute approximate surface area is 197 Å². The lowest BCUT2D eigenvalue weighted by Crippen LogP contribution is -2.29. The number of rotatable bonds is 6. The fraction of sp³-hybridized carbons (Fsp3) is 0.148. The van der Waals surface area contributed by atoms with Gasteiger partial charge in [0.2, 0.25) is 5.91 Å². The molecule has 3 aromatic rings. The molecule has 1 aliphatic rings. The zero-order chi connectivity index (χ0) is 24.2. The van der Waals surface area contributed by atoms with Crippen molar-refractivity contribution >= 4 is 34.7 Å². The van der Waals surface area contributed by atoms with Crippen LogP contribution in [0.1, 0.15) is 31.0 Å². The van der Waals surface area contributed by atoms with Gasteiger partial charge < -0.3 is 15.2 Å². The topological polar surface area (TPSA) is 95.9 Å². The predicted molar refractivity (Wildman–Crippen MR) is 130 cm³/mol. The molecule has 0 radical (unpaired) electrons. The average Bonchev–Trinajstić information content (AvgIpc) is 3.10. The van der Waals surface area contributed by atoms with Gasteiger partial charge in [0.15, 0.2) is 0 Å². The van der Waals surface area contributed by atoms with Gasteiger partial charge in [-0.1, -0.05) is 42.5 Å². The molecule has 1 saturated heterocycles. The van der Waals surface area contributed by atoms with Crippen molar-refractivity contribution in [2.45, 2.75) is 19.9 Å². The van der Waals surface area contributed by atoms with Crippen LogP contribution in [0.2, 0.25) is 0 Å². The molecule has 1 unspecified atom stereocenters. The maximum atomic E-state index is 13.2. The first-order valence-corrected chi connectivity index (χ1v) is 10.9. The van der Waals surface area contributed by atoms with Crippen molar-refractivity contribution in [1.29, 1.82) is 0 Å². The molecular weight excluding hydrogens is 432 g/mol. The molecule has 0 spiro atoms. The molecule has 1 aliphatic heterocycles. The maximum Gasteiger partial charge on any atom is 0.300 e. The van der Waals surface area contributed by atoms with Crippen LogP contribution >= 0.6 is 0 Å². The van der Waals surface area contributed by atoms with Crippen LogP contribution in [-0.4, -0.2) is 29.3 Å². The molecule has 0 aromatic heterocycles. The first kappa shape index (κ1) is 22.8. The first-order chi connectivity index (χ1) is 16.4. The third-order valence-electron chi connectivity index (χ3n) is 5.44. The van der Waals surface area contributed by atoms with E-state index in [0.29, 0.717) is 34.9 Å².